The van der Waals surface area contributed by atoms with Crippen LogP contribution >= 0.6 is 0 Å². The van der Waals surface area contributed by atoms with E-state index in [0.717, 1.165) is 180 Å². The maximum atomic E-state index is 7.61. The summed E-state index contributed by atoms with van der Waals surface area (Å²) in [5, 5.41) is 12.0. The van der Waals surface area contributed by atoms with Crippen molar-refractivity contribution in [3.63, 3.8) is 0 Å². The SMILES string of the molecule is c1ccc(-c2ccc(-c3ccc4c(c3)Oc3cccc5c3N4c3cc4c6c(c3B5c3ccccc3-c3ccccc3)c3ccccc3n6-c3ccccc3O4)cc2B2c3cc4c5cccc6c7cc(-c8ccc9c%10c8Oc8ccccc8N%10c8cc%10c%11cccc%12c%13ccccc%13n(c%10cc8B9c8ccccc8-c8ccccc8)c%12%11)ccc7n(c4cc3N3c4ccccc4Oc4cccc2c43)c65)cc1. The third-order valence-electron chi connectivity index (χ3n) is 31.4. The first-order valence-corrected chi connectivity index (χ1v) is 48.0. The van der Waals surface area contributed by atoms with E-state index in [0.29, 0.717) is 0 Å². The minimum Gasteiger partial charge on any atom is -0.453 e. The van der Waals surface area contributed by atoms with Crippen LogP contribution < -0.4 is 82.8 Å². The van der Waals surface area contributed by atoms with Crippen LogP contribution in [0.5, 0.6) is 46.0 Å². The summed E-state index contributed by atoms with van der Waals surface area (Å²) in [6, 6.07) is 160. The van der Waals surface area contributed by atoms with Gasteiger partial charge < -0.3 is 47.0 Å². The molecule has 7 aliphatic heterocycles. The fourth-order valence-electron chi connectivity index (χ4n) is 25.9. The highest BCUT2D eigenvalue weighted by atomic mass is 16.5. The summed E-state index contributed by atoms with van der Waals surface area (Å²) in [5.74, 6) is 6.42. The first-order valence-electron chi connectivity index (χ1n) is 48.0. The van der Waals surface area contributed by atoms with Gasteiger partial charge in [-0.3, -0.25) is 0 Å². The van der Waals surface area contributed by atoms with Crippen LogP contribution in [0.1, 0.15) is 0 Å². The van der Waals surface area contributed by atoms with E-state index in [-0.39, 0.29) is 20.1 Å². The highest BCUT2D eigenvalue weighted by Gasteiger charge is 2.49. The molecule has 638 valence electrons. The average Bonchev–Trinajstić information content (AvgIpc) is 1.50. The van der Waals surface area contributed by atoms with E-state index >= 15 is 0 Å². The molecule has 0 N–H and O–H groups in total. The summed E-state index contributed by atoms with van der Waals surface area (Å²) < 4.78 is 37.0. The molecule has 0 bridgehead atoms. The minimum atomic E-state index is -0.301. The van der Waals surface area contributed by atoms with Crippen molar-refractivity contribution in [3.05, 3.63) is 431 Å². The van der Waals surface area contributed by atoms with Gasteiger partial charge in [0, 0.05) is 82.6 Å². The van der Waals surface area contributed by atoms with Crippen LogP contribution in [0, 0.1) is 0 Å². The molecule has 0 fully saturated rings. The zero-order valence-electron chi connectivity index (χ0n) is 74.5. The number of anilines is 9. The van der Waals surface area contributed by atoms with Crippen molar-refractivity contribution in [1.82, 2.24) is 13.4 Å². The summed E-state index contributed by atoms with van der Waals surface area (Å²) in [4.78, 5) is 7.52. The van der Waals surface area contributed by atoms with E-state index in [9.17, 15) is 0 Å². The number of nitrogens with zero attached hydrogens (tertiary/aromatic N) is 6. The van der Waals surface area contributed by atoms with Crippen LogP contribution in [-0.4, -0.2) is 33.5 Å². The van der Waals surface area contributed by atoms with Gasteiger partial charge >= 0.3 is 0 Å². The first kappa shape index (κ1) is 74.3. The lowest BCUT2D eigenvalue weighted by atomic mass is 9.33. The van der Waals surface area contributed by atoms with Gasteiger partial charge in [-0.25, -0.2) is 0 Å². The molecular formula is C126H71B3N6O4. The molecule has 7 aliphatic rings. The smallest absolute Gasteiger partial charge is 0.248 e. The quantitative estimate of drug-likeness (QED) is 0.141. The van der Waals surface area contributed by atoms with Gasteiger partial charge in [0.2, 0.25) is 20.1 Å². The standard InChI is InChI=1S/C126H71B3N6O4/c1-4-28-72(29-5-1)78-34-10-14-42-91(78)127-95-61-60-81(126-124(95)134(104-50-20-23-53-113(104)139-126)108-68-90-86-41-24-38-83-82-36-12-16-46-99(82)131(120(83)86)106(90)69-98(108)127)77-58-62-101-88(64-77)84-39-25-40-85-89-67-97-109(70-107(89)132(101)121(84)85)133-103-49-19-21-51-111(103)136-114-54-26-44-93(122(114)133)128(97)96-65-75(56-59-80(96)74-32-8-3-9-33-74)76-57-63-105-116(66-76)138-115-55-27-45-94-123(115)135(105)110-71-117-125-118(87-37-13-17-47-100(87)130(125)102-48-18-22-52-112(102)137-117)119(110)129(94)92-43-15-11-35-79(92)73-30-6-2-7-31-73/h1-71H. The summed E-state index contributed by atoms with van der Waals surface area (Å²) in [5.41, 5.74) is 41.6. The van der Waals surface area contributed by atoms with Crippen molar-refractivity contribution in [2.45, 2.75) is 0 Å². The highest BCUT2D eigenvalue weighted by Crippen LogP contribution is 2.60. The predicted octanol–water partition coefficient (Wildman–Crippen LogP) is 26.7. The van der Waals surface area contributed by atoms with Crippen molar-refractivity contribution in [1.29, 1.82) is 0 Å². The molecule has 13 heteroatoms. The van der Waals surface area contributed by atoms with E-state index in [1.165, 1.54) is 125 Å². The number of fused-ring (bicyclic) bond motifs is 30. The zero-order valence-corrected chi connectivity index (χ0v) is 74.5. The normalized spacial score (nSPS) is 13.6. The molecule has 33 rings (SSSR count). The van der Waals surface area contributed by atoms with Crippen LogP contribution in [0.15, 0.2) is 431 Å². The summed E-state index contributed by atoms with van der Waals surface area (Å²) in [7, 11) is 0. The van der Waals surface area contributed by atoms with Crippen molar-refractivity contribution < 1.29 is 18.9 Å². The van der Waals surface area contributed by atoms with E-state index in [2.05, 4.69) is 459 Å². The summed E-state index contributed by atoms with van der Waals surface area (Å²) in [6.45, 7) is -0.710. The van der Waals surface area contributed by atoms with Gasteiger partial charge in [-0.15, -0.1) is 0 Å². The number of benzene rings is 21. The molecule has 26 aromatic rings. The van der Waals surface area contributed by atoms with Crippen molar-refractivity contribution >= 4 is 218 Å². The van der Waals surface area contributed by atoms with Crippen LogP contribution in [0.3, 0.4) is 0 Å². The Bertz CT molecular complexity index is 10000. The maximum Gasteiger partial charge on any atom is 0.248 e. The third-order valence-corrected chi connectivity index (χ3v) is 31.4. The second kappa shape index (κ2) is 27.3. The van der Waals surface area contributed by atoms with Crippen LogP contribution in [-0.2, 0) is 0 Å². The molecule has 0 unspecified atom stereocenters. The monoisotopic (exact) mass is 1760 g/mol. The number of hydrogen-bond acceptors (Lipinski definition) is 7. The maximum absolute atomic E-state index is 7.61. The molecule has 0 radical (unpaired) electrons. The number of para-hydroxylation sites is 12. The molecule has 0 saturated heterocycles. The number of aromatic nitrogens is 3. The number of rotatable bonds is 8. The zero-order chi connectivity index (χ0) is 90.0. The Morgan fingerprint density at radius 2 is 0.619 bits per heavy atom. The second-order valence-electron chi connectivity index (χ2n) is 38.2. The predicted molar refractivity (Wildman–Crippen MR) is 575 cm³/mol. The largest absolute Gasteiger partial charge is 0.453 e. The Morgan fingerprint density at radius 1 is 0.180 bits per heavy atom. The molecule has 0 amide bonds. The molecular weight excluding hydrogens is 1690 g/mol. The molecule has 12 heterocycles. The lowest BCUT2D eigenvalue weighted by Gasteiger charge is -2.42. The van der Waals surface area contributed by atoms with E-state index in [4.69, 9.17) is 18.9 Å². The Balaban J connectivity index is 0.561. The molecule has 0 aliphatic carbocycles. The minimum absolute atomic E-state index is 0.190. The molecule has 21 aromatic carbocycles. The van der Waals surface area contributed by atoms with Crippen LogP contribution in [0.25, 0.3) is 159 Å². The Kier molecular flexibility index (Phi) is 14.6. The Hall–Kier alpha value is -18.2. The Morgan fingerprint density at radius 3 is 1.32 bits per heavy atom. The molecule has 0 spiro atoms. The van der Waals surface area contributed by atoms with E-state index < -0.39 is 0 Å². The van der Waals surface area contributed by atoms with E-state index in [1.807, 2.05) is 0 Å². The summed E-state index contributed by atoms with van der Waals surface area (Å²) in [6.07, 6.45) is 0. The van der Waals surface area contributed by atoms with Crippen molar-refractivity contribution in [3.8, 4) is 107 Å². The number of hydrogen-bond donors (Lipinski definition) is 0. The third kappa shape index (κ3) is 9.85. The van der Waals surface area contributed by atoms with E-state index in [1.54, 1.807) is 0 Å². The molecule has 139 heavy (non-hydrogen) atoms. The molecule has 0 atom stereocenters. The van der Waals surface area contributed by atoms with Gasteiger partial charge in [-0.05, 0) is 186 Å². The fraction of sp³-hybridized carbons (Fsp3) is 0. The van der Waals surface area contributed by atoms with Gasteiger partial charge in [0.1, 0.15) is 0 Å². The van der Waals surface area contributed by atoms with Gasteiger partial charge in [0.15, 0.2) is 46.0 Å². The Labute approximate surface area is 798 Å². The second-order valence-corrected chi connectivity index (χ2v) is 38.2. The average molecular weight is 1770 g/mol. The van der Waals surface area contributed by atoms with Gasteiger partial charge in [0.25, 0.3) is 0 Å². The van der Waals surface area contributed by atoms with Crippen LogP contribution in [0.2, 0.25) is 0 Å². The lowest BCUT2D eigenvalue weighted by molar-refractivity contribution is 0.474. The van der Waals surface area contributed by atoms with Gasteiger partial charge in [0.05, 0.1) is 83.9 Å². The topological polar surface area (TPSA) is 60.4 Å². The van der Waals surface area contributed by atoms with Gasteiger partial charge in [-0.2, -0.15) is 0 Å². The van der Waals surface area contributed by atoms with Crippen molar-refractivity contribution in [2.75, 3.05) is 14.7 Å². The fourth-order valence-corrected chi connectivity index (χ4v) is 25.9. The van der Waals surface area contributed by atoms with Gasteiger partial charge in [-0.1, -0.05) is 338 Å². The van der Waals surface area contributed by atoms with Crippen molar-refractivity contribution in [2.24, 2.45) is 0 Å². The van der Waals surface area contributed by atoms with Crippen LogP contribution in [0.4, 0.5) is 51.2 Å². The first-order chi connectivity index (χ1) is 69.0. The molecule has 10 nitrogen and oxygen atoms in total. The highest BCUT2D eigenvalue weighted by molar-refractivity contribution is 7.01. The molecule has 5 aromatic heterocycles. The number of ether oxygens (including phenoxy) is 4. The summed E-state index contributed by atoms with van der Waals surface area (Å²) >= 11 is 0. The molecule has 0 saturated carbocycles. The lowest BCUT2D eigenvalue weighted by Crippen LogP contribution is -2.58.